The zero-order valence-corrected chi connectivity index (χ0v) is 15.1. The summed E-state index contributed by atoms with van der Waals surface area (Å²) in [5.41, 5.74) is -0.388. The van der Waals surface area contributed by atoms with Gasteiger partial charge in [0.25, 0.3) is 5.56 Å². The van der Waals surface area contributed by atoms with Crippen LogP contribution in [-0.2, 0) is 4.74 Å². The minimum absolute atomic E-state index is 0.0559. The van der Waals surface area contributed by atoms with E-state index in [-0.39, 0.29) is 18.3 Å². The lowest BCUT2D eigenvalue weighted by atomic mass is 10.1. The Hall–Kier alpha value is -1.66. The van der Waals surface area contributed by atoms with Crippen LogP contribution in [0.5, 0.6) is 0 Å². The second kappa shape index (κ2) is 10.4. The molecule has 6 heteroatoms. The van der Waals surface area contributed by atoms with Gasteiger partial charge in [0, 0.05) is 6.20 Å². The average Bonchev–Trinajstić information content (AvgIpc) is 3.07. The number of hydrogen-bond acceptors (Lipinski definition) is 4. The minimum Gasteiger partial charge on any atom is -0.394 e. The van der Waals surface area contributed by atoms with E-state index in [4.69, 9.17) is 9.84 Å². The van der Waals surface area contributed by atoms with Crippen molar-refractivity contribution in [2.75, 3.05) is 6.61 Å². The van der Waals surface area contributed by atoms with Crippen LogP contribution in [0.25, 0.3) is 6.08 Å². The summed E-state index contributed by atoms with van der Waals surface area (Å²) in [6, 6.07) is 0. The van der Waals surface area contributed by atoms with E-state index in [2.05, 4.69) is 11.9 Å². The summed E-state index contributed by atoms with van der Waals surface area (Å²) in [7, 11) is 0. The fourth-order valence-corrected chi connectivity index (χ4v) is 3.11. The van der Waals surface area contributed by atoms with E-state index in [1.165, 1.54) is 36.7 Å². The number of aliphatic hydroxyl groups is 1. The molecule has 6 nitrogen and oxygen atoms in total. The van der Waals surface area contributed by atoms with Crippen LogP contribution in [0.1, 0.15) is 76.5 Å². The first-order valence-electron chi connectivity index (χ1n) is 9.44. The Balaban J connectivity index is 1.92. The first kappa shape index (κ1) is 19.7. The van der Waals surface area contributed by atoms with Crippen molar-refractivity contribution in [3.63, 3.8) is 0 Å². The van der Waals surface area contributed by atoms with Crippen molar-refractivity contribution < 1.29 is 9.84 Å². The number of nitrogens with zero attached hydrogens (tertiary/aromatic N) is 1. The Morgan fingerprint density at radius 1 is 1.24 bits per heavy atom. The molecule has 0 unspecified atom stereocenters. The van der Waals surface area contributed by atoms with Crippen LogP contribution in [-0.4, -0.2) is 27.4 Å². The molecule has 0 radical (unpaired) electrons. The van der Waals surface area contributed by atoms with Gasteiger partial charge in [-0.2, -0.15) is 0 Å². The summed E-state index contributed by atoms with van der Waals surface area (Å²) in [5, 5.41) is 9.15. The van der Waals surface area contributed by atoms with Gasteiger partial charge in [0.2, 0.25) is 0 Å². The Morgan fingerprint density at radius 2 is 2.00 bits per heavy atom. The van der Waals surface area contributed by atoms with E-state index >= 15 is 0 Å². The van der Waals surface area contributed by atoms with Crippen LogP contribution in [0, 0.1) is 0 Å². The predicted molar refractivity (Wildman–Crippen MR) is 98.6 cm³/mol. The first-order chi connectivity index (χ1) is 12.2. The Morgan fingerprint density at radius 3 is 2.72 bits per heavy atom. The summed E-state index contributed by atoms with van der Waals surface area (Å²) in [6.45, 7) is 2.15. The van der Waals surface area contributed by atoms with Gasteiger partial charge in [0.1, 0.15) is 6.23 Å². The summed E-state index contributed by atoms with van der Waals surface area (Å²) < 4.78 is 7.05. The van der Waals surface area contributed by atoms with E-state index in [0.29, 0.717) is 18.4 Å². The minimum atomic E-state index is -0.471. The second-order valence-electron chi connectivity index (χ2n) is 6.68. The molecule has 2 N–H and O–H groups in total. The fraction of sp³-hybridized carbons (Fsp3) is 0.684. The molecule has 0 spiro atoms. The number of unbranched alkanes of at least 4 members (excludes halogenated alkanes) is 6. The van der Waals surface area contributed by atoms with Crippen molar-refractivity contribution in [2.45, 2.75) is 77.0 Å². The molecule has 1 fully saturated rings. The van der Waals surface area contributed by atoms with Crippen molar-refractivity contribution in [2.24, 2.45) is 0 Å². The normalized spacial score (nSPS) is 20.6. The molecule has 25 heavy (non-hydrogen) atoms. The predicted octanol–water partition coefficient (Wildman–Crippen LogP) is 2.97. The second-order valence-corrected chi connectivity index (χ2v) is 6.68. The molecule has 1 saturated heterocycles. The zero-order valence-electron chi connectivity index (χ0n) is 15.1. The quantitative estimate of drug-likeness (QED) is 0.635. The summed E-state index contributed by atoms with van der Waals surface area (Å²) in [4.78, 5) is 26.3. The Kier molecular flexibility index (Phi) is 8.15. The SMILES string of the molecule is CCCCCCCC/C=C/c1cn([C@H]2CC[C@@H](CO)O2)c(=O)[nH]c1=O. The van der Waals surface area contributed by atoms with Gasteiger partial charge in [0.15, 0.2) is 0 Å². The van der Waals surface area contributed by atoms with Crippen LogP contribution < -0.4 is 11.2 Å². The van der Waals surface area contributed by atoms with Crippen molar-refractivity contribution in [3.05, 3.63) is 38.7 Å². The molecule has 0 aromatic carbocycles. The van der Waals surface area contributed by atoms with Crippen molar-refractivity contribution in [1.82, 2.24) is 9.55 Å². The van der Waals surface area contributed by atoms with Crippen LogP contribution >= 0.6 is 0 Å². The lowest BCUT2D eigenvalue weighted by molar-refractivity contribution is -0.0246. The third-order valence-electron chi connectivity index (χ3n) is 4.62. The van der Waals surface area contributed by atoms with E-state index in [1.807, 2.05) is 6.08 Å². The number of rotatable bonds is 10. The zero-order chi connectivity index (χ0) is 18.1. The van der Waals surface area contributed by atoms with Crippen molar-refractivity contribution >= 4 is 6.08 Å². The number of allylic oxidation sites excluding steroid dienone is 1. The summed E-state index contributed by atoms with van der Waals surface area (Å²) in [6.07, 6.45) is 14.4. The van der Waals surface area contributed by atoms with Crippen LogP contribution in [0.3, 0.4) is 0 Å². The number of ether oxygens (including phenoxy) is 1. The topological polar surface area (TPSA) is 84.3 Å². The molecule has 0 saturated carbocycles. The van der Waals surface area contributed by atoms with E-state index in [0.717, 1.165) is 12.8 Å². The maximum absolute atomic E-state index is 12.0. The van der Waals surface area contributed by atoms with Gasteiger partial charge in [-0.05, 0) is 25.7 Å². The highest BCUT2D eigenvalue weighted by Crippen LogP contribution is 2.26. The van der Waals surface area contributed by atoms with E-state index in [1.54, 1.807) is 12.3 Å². The van der Waals surface area contributed by atoms with Gasteiger partial charge >= 0.3 is 5.69 Å². The fourth-order valence-electron chi connectivity index (χ4n) is 3.11. The Bertz CT molecular complexity index is 662. The van der Waals surface area contributed by atoms with Crippen LogP contribution in [0.2, 0.25) is 0 Å². The lowest BCUT2D eigenvalue weighted by Gasteiger charge is -2.15. The molecular formula is C19H30N2O4. The highest BCUT2D eigenvalue weighted by atomic mass is 16.5. The number of aromatic nitrogens is 2. The van der Waals surface area contributed by atoms with Crippen molar-refractivity contribution in [3.8, 4) is 0 Å². The lowest BCUT2D eigenvalue weighted by Crippen LogP contribution is -2.33. The largest absolute Gasteiger partial charge is 0.394 e. The molecule has 1 aromatic heterocycles. The van der Waals surface area contributed by atoms with Gasteiger partial charge in [-0.25, -0.2) is 4.79 Å². The van der Waals surface area contributed by atoms with E-state index < -0.39 is 11.9 Å². The van der Waals surface area contributed by atoms with Crippen molar-refractivity contribution in [1.29, 1.82) is 0 Å². The molecule has 2 rings (SSSR count). The molecule has 0 bridgehead atoms. The van der Waals surface area contributed by atoms with Crippen LogP contribution in [0.4, 0.5) is 0 Å². The molecule has 2 atom stereocenters. The molecular weight excluding hydrogens is 320 g/mol. The summed E-state index contributed by atoms with van der Waals surface area (Å²) in [5.74, 6) is 0. The van der Waals surface area contributed by atoms with Crippen LogP contribution in [0.15, 0.2) is 21.9 Å². The van der Waals surface area contributed by atoms with Gasteiger partial charge in [-0.3, -0.25) is 14.3 Å². The molecule has 1 aliphatic rings. The highest BCUT2D eigenvalue weighted by Gasteiger charge is 2.26. The standard InChI is InChI=1S/C19H30N2O4/c1-2-3-4-5-6-7-8-9-10-15-13-21(19(24)20-18(15)23)17-12-11-16(14-22)25-17/h9-10,13,16-17,22H,2-8,11-12,14H2,1H3,(H,20,23,24)/b10-9+/t16-,17+/m0/s1. The average molecular weight is 350 g/mol. The molecule has 2 heterocycles. The number of nitrogens with one attached hydrogen (secondary N) is 1. The molecule has 0 amide bonds. The number of aromatic amines is 1. The first-order valence-corrected chi connectivity index (χ1v) is 9.44. The van der Waals surface area contributed by atoms with Gasteiger partial charge < -0.3 is 9.84 Å². The van der Waals surface area contributed by atoms with Gasteiger partial charge in [-0.15, -0.1) is 0 Å². The number of aliphatic hydroxyl groups excluding tert-OH is 1. The summed E-state index contributed by atoms with van der Waals surface area (Å²) >= 11 is 0. The number of hydrogen-bond donors (Lipinski definition) is 2. The molecule has 0 aliphatic carbocycles. The van der Waals surface area contributed by atoms with E-state index in [9.17, 15) is 9.59 Å². The molecule has 140 valence electrons. The molecule has 1 aliphatic heterocycles. The number of H-pyrrole nitrogens is 1. The monoisotopic (exact) mass is 350 g/mol. The maximum atomic E-state index is 12.0. The maximum Gasteiger partial charge on any atom is 0.330 e. The molecule has 1 aromatic rings. The third kappa shape index (κ3) is 5.97. The van der Waals surface area contributed by atoms with Gasteiger partial charge in [0.05, 0.1) is 18.3 Å². The third-order valence-corrected chi connectivity index (χ3v) is 4.62. The Labute approximate surface area is 148 Å². The smallest absolute Gasteiger partial charge is 0.330 e. The van der Waals surface area contributed by atoms with Gasteiger partial charge in [-0.1, -0.05) is 51.2 Å². The highest BCUT2D eigenvalue weighted by molar-refractivity contribution is 5.46.